The number of hydrogen-bond donors (Lipinski definition) is 3. The second kappa shape index (κ2) is 7.96. The van der Waals surface area contributed by atoms with Gasteiger partial charge in [0.05, 0.1) is 18.1 Å². The average Bonchev–Trinajstić information content (AvgIpc) is 3.16. The van der Waals surface area contributed by atoms with Crippen LogP contribution in [-0.4, -0.2) is 68.7 Å². The van der Waals surface area contributed by atoms with Gasteiger partial charge in [-0.15, -0.1) is 0 Å². The monoisotopic (exact) mass is 642 g/mol. The predicted molar refractivity (Wildman–Crippen MR) is 165 cm³/mol. The number of fused-ring (bicyclic) bond motifs is 7. The number of carbonyl (C=O) groups is 3. The Kier molecular flexibility index (Phi) is 4.93. The van der Waals surface area contributed by atoms with E-state index in [0.717, 1.165) is 24.8 Å². The van der Waals surface area contributed by atoms with Crippen molar-refractivity contribution in [2.75, 3.05) is 6.61 Å². The highest BCUT2D eigenvalue weighted by Crippen LogP contribution is 2.89. The van der Waals surface area contributed by atoms with Crippen LogP contribution in [0.25, 0.3) is 0 Å². The molecule has 2 spiro atoms. The zero-order valence-corrected chi connectivity index (χ0v) is 27.2. The summed E-state index contributed by atoms with van der Waals surface area (Å²) in [6.45, 7) is 7.75. The number of esters is 1. The van der Waals surface area contributed by atoms with Crippen LogP contribution in [0.2, 0.25) is 0 Å². The molecule has 47 heavy (non-hydrogen) atoms. The van der Waals surface area contributed by atoms with E-state index in [1.54, 1.807) is 6.07 Å². The predicted octanol–water partition coefficient (Wildman–Crippen LogP) is 3.69. The molecule has 9 aliphatic rings. The van der Waals surface area contributed by atoms with Crippen molar-refractivity contribution >= 4 is 17.5 Å². The SMILES string of the molecule is C[C@]12CC=C3[C@@]4(C[C@]3(C)[C@@H]1[C@@H](O)C(=O)[C@]1(C)[C@@H]2C=C[C@]23C[C@@]21CC[C@@H]3[C@@H]1C[C@]2(OC[C@](C)(O)[C@H]2O)OC1=O)Oc1ccccc1C4=O. The lowest BCUT2D eigenvalue weighted by Gasteiger charge is -2.69. The summed E-state index contributed by atoms with van der Waals surface area (Å²) in [6, 6.07) is 7.35. The molecular weight excluding hydrogens is 600 g/mol. The minimum Gasteiger partial charge on any atom is -0.474 e. The molecule has 1 aromatic carbocycles. The van der Waals surface area contributed by atoms with E-state index in [2.05, 4.69) is 39.0 Å². The lowest BCUT2D eigenvalue weighted by atomic mass is 9.34. The number of carbonyl (C=O) groups excluding carboxylic acids is 3. The molecule has 1 aromatic rings. The van der Waals surface area contributed by atoms with Crippen LogP contribution in [0.3, 0.4) is 0 Å². The number of ether oxygens (including phenoxy) is 3. The first-order chi connectivity index (χ1) is 22.1. The minimum atomic E-state index is -1.56. The number of aliphatic hydroxyl groups is 3. The molecule has 0 unspecified atom stereocenters. The van der Waals surface area contributed by atoms with Gasteiger partial charge in [-0.05, 0) is 78.4 Å². The molecule has 9 nitrogen and oxygen atoms in total. The second-order valence-corrected chi connectivity index (χ2v) is 17.5. The number of rotatable bonds is 1. The molecule has 248 valence electrons. The molecule has 3 aliphatic heterocycles. The molecule has 4 saturated carbocycles. The molecule has 10 rings (SSSR count). The van der Waals surface area contributed by atoms with Crippen molar-refractivity contribution < 1.29 is 43.9 Å². The van der Waals surface area contributed by atoms with Crippen LogP contribution in [0.5, 0.6) is 5.75 Å². The highest BCUT2D eigenvalue weighted by Gasteiger charge is 2.87. The van der Waals surface area contributed by atoms with Gasteiger partial charge in [0.25, 0.3) is 0 Å². The average molecular weight is 643 g/mol. The Morgan fingerprint density at radius 2 is 1.74 bits per heavy atom. The van der Waals surface area contributed by atoms with Crippen LogP contribution in [-0.2, 0) is 19.1 Å². The zero-order valence-electron chi connectivity index (χ0n) is 27.2. The van der Waals surface area contributed by atoms with Gasteiger partial charge in [-0.3, -0.25) is 14.4 Å². The molecule has 6 aliphatic carbocycles. The molecule has 0 bridgehead atoms. The third-order valence-electron chi connectivity index (χ3n) is 15.7. The highest BCUT2D eigenvalue weighted by atomic mass is 16.7. The molecule has 3 N–H and O–H groups in total. The summed E-state index contributed by atoms with van der Waals surface area (Å²) < 4.78 is 17.9. The normalized spacial score (nSPS) is 57.3. The van der Waals surface area contributed by atoms with Crippen LogP contribution in [0, 0.1) is 50.7 Å². The molecule has 9 heteroatoms. The number of allylic oxidation sites excluding steroid dienone is 3. The summed E-state index contributed by atoms with van der Waals surface area (Å²) in [4.78, 5) is 42.1. The van der Waals surface area contributed by atoms with E-state index < -0.39 is 68.2 Å². The maximum Gasteiger partial charge on any atom is 0.312 e. The fourth-order valence-corrected chi connectivity index (χ4v) is 13.8. The van der Waals surface area contributed by atoms with Crippen LogP contribution >= 0.6 is 0 Å². The Labute approximate surface area is 273 Å². The summed E-state index contributed by atoms with van der Waals surface area (Å²) in [7, 11) is 0. The van der Waals surface area contributed by atoms with Crippen molar-refractivity contribution in [1.82, 2.24) is 0 Å². The van der Waals surface area contributed by atoms with E-state index in [1.807, 2.05) is 18.2 Å². The Hall–Kier alpha value is -2.85. The number of para-hydroxylation sites is 1. The molecule has 6 fully saturated rings. The van der Waals surface area contributed by atoms with E-state index >= 15 is 0 Å². The van der Waals surface area contributed by atoms with Gasteiger partial charge in [0.2, 0.25) is 11.6 Å². The van der Waals surface area contributed by atoms with Gasteiger partial charge in [0.1, 0.15) is 23.6 Å². The molecule has 2 saturated heterocycles. The van der Waals surface area contributed by atoms with Crippen LogP contribution in [0.15, 0.2) is 48.1 Å². The Bertz CT molecular complexity index is 1800. The van der Waals surface area contributed by atoms with E-state index in [4.69, 9.17) is 14.2 Å². The maximum atomic E-state index is 14.9. The smallest absolute Gasteiger partial charge is 0.312 e. The molecule has 3 heterocycles. The fourth-order valence-electron chi connectivity index (χ4n) is 13.8. The van der Waals surface area contributed by atoms with E-state index in [-0.39, 0.29) is 42.3 Å². The highest BCUT2D eigenvalue weighted by molar-refractivity contribution is 6.11. The van der Waals surface area contributed by atoms with E-state index in [1.165, 1.54) is 6.92 Å². The van der Waals surface area contributed by atoms with Crippen molar-refractivity contribution in [3.8, 4) is 5.75 Å². The largest absolute Gasteiger partial charge is 0.474 e. The van der Waals surface area contributed by atoms with Gasteiger partial charge in [-0.25, -0.2) is 0 Å². The molecule has 0 aromatic heterocycles. The third-order valence-corrected chi connectivity index (χ3v) is 15.7. The van der Waals surface area contributed by atoms with Gasteiger partial charge in [-0.1, -0.05) is 51.1 Å². The molecular formula is C38H42O9. The zero-order chi connectivity index (χ0) is 32.9. The third kappa shape index (κ3) is 2.78. The van der Waals surface area contributed by atoms with Crippen molar-refractivity contribution in [2.45, 2.75) is 95.4 Å². The van der Waals surface area contributed by atoms with E-state index in [0.29, 0.717) is 24.2 Å². The number of aliphatic hydroxyl groups excluding tert-OH is 2. The van der Waals surface area contributed by atoms with Crippen LogP contribution in [0.4, 0.5) is 0 Å². The fraction of sp³-hybridized carbons (Fsp3) is 0.658. The van der Waals surface area contributed by atoms with Crippen LogP contribution in [0.1, 0.15) is 76.6 Å². The molecule has 0 amide bonds. The number of benzene rings is 1. The van der Waals surface area contributed by atoms with Gasteiger partial charge in [0.15, 0.2) is 11.4 Å². The van der Waals surface area contributed by atoms with E-state index in [9.17, 15) is 29.7 Å². The first-order valence-corrected chi connectivity index (χ1v) is 17.3. The maximum absolute atomic E-state index is 14.9. The van der Waals surface area contributed by atoms with Crippen molar-refractivity contribution in [3.05, 3.63) is 53.6 Å². The molecule has 14 atom stereocenters. The van der Waals surface area contributed by atoms with Gasteiger partial charge < -0.3 is 29.5 Å². The summed E-state index contributed by atoms with van der Waals surface area (Å²) >= 11 is 0. The minimum absolute atomic E-state index is 0.0375. The quantitative estimate of drug-likeness (QED) is 0.309. The van der Waals surface area contributed by atoms with Crippen molar-refractivity contribution in [2.24, 2.45) is 50.7 Å². The Balaban J connectivity index is 1.01. The topological polar surface area (TPSA) is 140 Å². The number of hydrogen-bond acceptors (Lipinski definition) is 9. The number of Topliss-reactive ketones (excluding diaryl/α,β-unsaturated/α-hetero) is 2. The van der Waals surface area contributed by atoms with Gasteiger partial charge in [0, 0.05) is 29.6 Å². The van der Waals surface area contributed by atoms with Gasteiger partial charge >= 0.3 is 5.97 Å². The lowest BCUT2D eigenvalue weighted by molar-refractivity contribution is -0.223. The lowest BCUT2D eigenvalue weighted by Crippen LogP contribution is -2.73. The summed E-state index contributed by atoms with van der Waals surface area (Å²) in [5.41, 5.74) is -3.75. The Morgan fingerprint density at radius 1 is 0.979 bits per heavy atom. The standard InChI is InChI=1S/C38H42O9/c1-31-12-10-24-32(2,16-37(24)27(40)19-7-5-6-8-22(19)46-37)26(31)25(39)28(41)34(4)23(31)11-13-35-17-36(34,35)14-9-21(35)20-15-38(47-29(20)42)30(43)33(3,44)18-45-38/h5-8,10-11,13,20-21,23,25-26,30,39,43-44H,9,12,14-18H2,1-4H3/t20-,21+,23+,25+,26+,30+,31+,32-,33-,34-,35+,36+,37+,38-/m0/s1. The summed E-state index contributed by atoms with van der Waals surface area (Å²) in [6.07, 6.45) is 7.58. The number of ketones is 2. The van der Waals surface area contributed by atoms with Crippen molar-refractivity contribution in [3.63, 3.8) is 0 Å². The Morgan fingerprint density at radius 3 is 2.47 bits per heavy atom. The molecule has 0 radical (unpaired) electrons. The first kappa shape index (κ1) is 29.1. The van der Waals surface area contributed by atoms with Crippen molar-refractivity contribution in [1.29, 1.82) is 0 Å². The van der Waals surface area contributed by atoms with Crippen LogP contribution < -0.4 is 4.74 Å². The second-order valence-electron chi connectivity index (χ2n) is 17.5. The first-order valence-electron chi connectivity index (χ1n) is 17.3. The van der Waals surface area contributed by atoms with Gasteiger partial charge in [-0.2, -0.15) is 0 Å². The summed E-state index contributed by atoms with van der Waals surface area (Å²) in [5, 5.41) is 33.7. The summed E-state index contributed by atoms with van der Waals surface area (Å²) in [5.74, 6) is -2.70.